The second-order valence-corrected chi connectivity index (χ2v) is 7.96. The monoisotopic (exact) mass is 419 g/mol. The van der Waals surface area contributed by atoms with Crippen LogP contribution < -0.4 is 5.73 Å². The first-order valence-corrected chi connectivity index (χ1v) is 10.2. The highest BCUT2D eigenvalue weighted by molar-refractivity contribution is 6.30. The summed E-state index contributed by atoms with van der Waals surface area (Å²) in [6.07, 6.45) is 3.26. The Morgan fingerprint density at radius 3 is 2.73 bits per heavy atom. The van der Waals surface area contributed by atoms with Gasteiger partial charge in [-0.3, -0.25) is 14.6 Å². The maximum atomic E-state index is 13.6. The maximum Gasteiger partial charge on any atom is 0.273 e. The Hall–Kier alpha value is -3.18. The zero-order valence-electron chi connectivity index (χ0n) is 16.6. The van der Waals surface area contributed by atoms with E-state index in [1.807, 2.05) is 49.4 Å². The van der Waals surface area contributed by atoms with E-state index < -0.39 is 5.91 Å². The normalized spacial score (nSPS) is 14.9. The summed E-state index contributed by atoms with van der Waals surface area (Å²) in [5.74, 6) is -0.688. The molecule has 1 aliphatic carbocycles. The van der Waals surface area contributed by atoms with Gasteiger partial charge in [-0.05, 0) is 66.3 Å². The van der Waals surface area contributed by atoms with Gasteiger partial charge in [-0.15, -0.1) is 0 Å². The summed E-state index contributed by atoms with van der Waals surface area (Å²) in [7, 11) is 0. The second kappa shape index (κ2) is 8.28. The number of nitrogens with two attached hydrogens (primary N) is 1. The van der Waals surface area contributed by atoms with Crippen molar-refractivity contribution >= 4 is 23.4 Å². The number of hydrogen-bond donors (Lipinski definition) is 1. The number of carbonyl (C=O) groups is 2. The van der Waals surface area contributed by atoms with E-state index in [1.165, 1.54) is 5.56 Å². The van der Waals surface area contributed by atoms with Crippen molar-refractivity contribution in [2.24, 2.45) is 5.73 Å². The average Bonchev–Trinajstić information content (AvgIpc) is 3.15. The Labute approximate surface area is 180 Å². The van der Waals surface area contributed by atoms with Crippen molar-refractivity contribution in [2.45, 2.75) is 32.4 Å². The summed E-state index contributed by atoms with van der Waals surface area (Å²) < 4.78 is 0. The van der Waals surface area contributed by atoms with Gasteiger partial charge in [0, 0.05) is 23.3 Å². The zero-order valence-corrected chi connectivity index (χ0v) is 17.4. The Bertz CT molecular complexity index is 1130. The molecule has 0 saturated carbocycles. The summed E-state index contributed by atoms with van der Waals surface area (Å²) in [5, 5.41) is 0.639. The van der Waals surface area contributed by atoms with Gasteiger partial charge >= 0.3 is 0 Å². The number of carbonyl (C=O) groups excluding carboxylic acids is 2. The van der Waals surface area contributed by atoms with E-state index in [-0.39, 0.29) is 18.5 Å². The number of primary amides is 1. The molecule has 2 aromatic carbocycles. The van der Waals surface area contributed by atoms with E-state index in [0.29, 0.717) is 21.8 Å². The van der Waals surface area contributed by atoms with Gasteiger partial charge in [0.25, 0.3) is 5.91 Å². The van der Waals surface area contributed by atoms with Crippen LogP contribution in [0.5, 0.6) is 0 Å². The number of pyridine rings is 1. The van der Waals surface area contributed by atoms with E-state index >= 15 is 0 Å². The third-order valence-electron chi connectivity index (χ3n) is 5.63. The molecule has 0 unspecified atom stereocenters. The Kier molecular flexibility index (Phi) is 5.55. The topological polar surface area (TPSA) is 76.3 Å². The van der Waals surface area contributed by atoms with E-state index in [9.17, 15) is 9.59 Å². The first kappa shape index (κ1) is 20.1. The van der Waals surface area contributed by atoms with Crippen molar-refractivity contribution in [3.05, 3.63) is 99.3 Å². The molecular weight excluding hydrogens is 398 g/mol. The number of nitrogens with zero attached hydrogens (tertiary/aromatic N) is 2. The summed E-state index contributed by atoms with van der Waals surface area (Å²) >= 11 is 6.27. The SMILES string of the molecule is Cc1cccnc1C(=O)N(Cc1ccccc1C(N)=O)[C@@H]1CCc2ccc(Cl)cc21. The molecule has 2 N–H and O–H groups in total. The molecule has 2 amide bonds. The molecule has 1 aromatic heterocycles. The summed E-state index contributed by atoms with van der Waals surface area (Å²) in [4.78, 5) is 31.7. The van der Waals surface area contributed by atoms with Crippen LogP contribution in [0.4, 0.5) is 0 Å². The molecule has 0 fully saturated rings. The van der Waals surface area contributed by atoms with Crippen molar-refractivity contribution in [1.29, 1.82) is 0 Å². The first-order valence-electron chi connectivity index (χ1n) is 9.84. The summed E-state index contributed by atoms with van der Waals surface area (Å²) in [6, 6.07) is 16.5. The van der Waals surface area contributed by atoms with Crippen molar-refractivity contribution in [3.8, 4) is 0 Å². The molecule has 1 aliphatic rings. The molecule has 30 heavy (non-hydrogen) atoms. The van der Waals surface area contributed by atoms with Gasteiger partial charge in [0.05, 0.1) is 6.04 Å². The fourth-order valence-corrected chi connectivity index (χ4v) is 4.31. The predicted molar refractivity (Wildman–Crippen MR) is 116 cm³/mol. The molecule has 4 rings (SSSR count). The van der Waals surface area contributed by atoms with Gasteiger partial charge in [0.2, 0.25) is 5.91 Å². The zero-order chi connectivity index (χ0) is 21.3. The first-order chi connectivity index (χ1) is 14.5. The summed E-state index contributed by atoms with van der Waals surface area (Å²) in [6.45, 7) is 2.12. The van der Waals surface area contributed by atoms with Gasteiger partial charge in [0.1, 0.15) is 5.69 Å². The molecule has 0 radical (unpaired) electrons. The number of fused-ring (bicyclic) bond motifs is 1. The second-order valence-electron chi connectivity index (χ2n) is 7.52. The number of halogens is 1. The van der Waals surface area contributed by atoms with E-state index in [4.69, 9.17) is 17.3 Å². The molecule has 3 aromatic rings. The molecule has 1 atom stereocenters. The minimum Gasteiger partial charge on any atom is -0.366 e. The predicted octanol–water partition coefficient (Wildman–Crippen LogP) is 4.47. The average molecular weight is 420 g/mol. The highest BCUT2D eigenvalue weighted by Gasteiger charge is 2.33. The number of rotatable bonds is 5. The lowest BCUT2D eigenvalue weighted by atomic mass is 10.0. The smallest absolute Gasteiger partial charge is 0.273 e. The molecule has 0 aliphatic heterocycles. The van der Waals surface area contributed by atoms with Crippen LogP contribution in [0.15, 0.2) is 60.8 Å². The molecule has 0 bridgehead atoms. The molecule has 152 valence electrons. The van der Waals surface area contributed by atoms with Crippen LogP contribution in [0.3, 0.4) is 0 Å². The van der Waals surface area contributed by atoms with Crippen LogP contribution in [0.25, 0.3) is 0 Å². The van der Waals surface area contributed by atoms with Crippen LogP contribution in [0, 0.1) is 6.92 Å². The van der Waals surface area contributed by atoms with Gasteiger partial charge in [-0.2, -0.15) is 0 Å². The molecule has 1 heterocycles. The van der Waals surface area contributed by atoms with Gasteiger partial charge in [0.15, 0.2) is 0 Å². The Morgan fingerprint density at radius 1 is 1.17 bits per heavy atom. The lowest BCUT2D eigenvalue weighted by Gasteiger charge is -2.31. The summed E-state index contributed by atoms with van der Waals surface area (Å²) in [5.41, 5.74) is 10.1. The van der Waals surface area contributed by atoms with Crippen molar-refractivity contribution in [1.82, 2.24) is 9.88 Å². The highest BCUT2D eigenvalue weighted by atomic mass is 35.5. The Balaban J connectivity index is 1.79. The number of hydrogen-bond acceptors (Lipinski definition) is 3. The fourth-order valence-electron chi connectivity index (χ4n) is 4.13. The van der Waals surface area contributed by atoms with Crippen LogP contribution in [-0.2, 0) is 13.0 Å². The minimum absolute atomic E-state index is 0.159. The van der Waals surface area contributed by atoms with Crippen LogP contribution in [0.2, 0.25) is 5.02 Å². The largest absolute Gasteiger partial charge is 0.366 e. The minimum atomic E-state index is -0.512. The standard InChI is InChI=1S/C24H22ClN3O2/c1-15-5-4-12-27-22(15)24(30)28(14-17-6-2-3-7-19(17)23(26)29)21-11-9-16-8-10-18(25)13-20(16)21/h2-8,10,12-13,21H,9,11,14H2,1H3,(H2,26,29)/t21-/m1/s1. The number of amides is 2. The lowest BCUT2D eigenvalue weighted by Crippen LogP contribution is -2.35. The third-order valence-corrected chi connectivity index (χ3v) is 5.86. The van der Waals surface area contributed by atoms with Crippen LogP contribution in [-0.4, -0.2) is 21.7 Å². The number of aromatic nitrogens is 1. The highest BCUT2D eigenvalue weighted by Crippen LogP contribution is 2.39. The molecule has 5 nitrogen and oxygen atoms in total. The van der Waals surface area contributed by atoms with Gasteiger partial charge in [-0.1, -0.05) is 41.9 Å². The van der Waals surface area contributed by atoms with E-state index in [2.05, 4.69) is 4.98 Å². The maximum absolute atomic E-state index is 13.6. The Morgan fingerprint density at radius 2 is 1.97 bits per heavy atom. The quantitative estimate of drug-likeness (QED) is 0.662. The van der Waals surface area contributed by atoms with Crippen molar-refractivity contribution < 1.29 is 9.59 Å². The third kappa shape index (κ3) is 3.81. The number of benzene rings is 2. The molecule has 0 saturated heterocycles. The molecule has 6 heteroatoms. The lowest BCUT2D eigenvalue weighted by molar-refractivity contribution is 0.0649. The number of aryl methyl sites for hydroxylation is 2. The van der Waals surface area contributed by atoms with Crippen LogP contribution >= 0.6 is 11.6 Å². The van der Waals surface area contributed by atoms with Crippen LogP contribution in [0.1, 0.15) is 55.6 Å². The van der Waals surface area contributed by atoms with Gasteiger partial charge in [-0.25, -0.2) is 0 Å². The van der Waals surface area contributed by atoms with Crippen molar-refractivity contribution in [2.75, 3.05) is 0 Å². The van der Waals surface area contributed by atoms with Gasteiger partial charge < -0.3 is 10.6 Å². The van der Waals surface area contributed by atoms with E-state index in [1.54, 1.807) is 23.2 Å². The molecule has 0 spiro atoms. The fraction of sp³-hybridized carbons (Fsp3) is 0.208. The molecular formula is C24H22ClN3O2. The van der Waals surface area contributed by atoms with E-state index in [0.717, 1.165) is 24.0 Å². The van der Waals surface area contributed by atoms with Crippen molar-refractivity contribution in [3.63, 3.8) is 0 Å².